The molecule has 4 heteroatoms. The topological polar surface area (TPSA) is 50.7 Å². The highest BCUT2D eigenvalue weighted by molar-refractivity contribution is 5.94. The predicted molar refractivity (Wildman–Crippen MR) is 97.6 cm³/mol. The minimum absolute atomic E-state index is 0.239. The molecule has 0 aliphatic heterocycles. The van der Waals surface area contributed by atoms with Crippen LogP contribution in [0.4, 0.5) is 0 Å². The van der Waals surface area contributed by atoms with E-state index in [0.29, 0.717) is 12.2 Å². The molecule has 0 unspecified atom stereocenters. The molecule has 0 spiro atoms. The Labute approximate surface area is 143 Å². The van der Waals surface area contributed by atoms with Gasteiger partial charge in [-0.3, -0.25) is 4.79 Å². The average molecular weight is 324 g/mol. The number of hydrogen-bond donors (Lipinski definition) is 1. The minimum atomic E-state index is -0.239. The molecule has 1 N–H and O–H groups in total. The number of nitrogens with one attached hydrogen (secondary N) is 1. The summed E-state index contributed by atoms with van der Waals surface area (Å²) in [6, 6.07) is 16.7. The lowest BCUT2D eigenvalue weighted by Gasteiger charge is -2.06. The van der Waals surface area contributed by atoms with Crippen molar-refractivity contribution in [1.29, 1.82) is 0 Å². The first-order chi connectivity index (χ1) is 11.8. The van der Waals surface area contributed by atoms with E-state index < -0.39 is 0 Å². The number of nitrogens with zero attached hydrogens (tertiary/aromatic N) is 1. The zero-order valence-corrected chi connectivity index (χ0v) is 14.1. The number of hydrogen-bond acceptors (Lipinski definition) is 3. The smallest absolute Gasteiger partial charge is 0.271 e. The number of amides is 1. The fraction of sp³-hybridized carbons (Fsp3) is 0.300. The van der Waals surface area contributed by atoms with Gasteiger partial charge in [0.1, 0.15) is 5.75 Å². The van der Waals surface area contributed by atoms with Gasteiger partial charge in [0.05, 0.1) is 12.8 Å². The molecule has 2 aromatic carbocycles. The van der Waals surface area contributed by atoms with Gasteiger partial charge in [-0.25, -0.2) is 5.43 Å². The Morgan fingerprint density at radius 3 is 2.50 bits per heavy atom. The number of rotatable bonds is 9. The fourth-order valence-corrected chi connectivity index (χ4v) is 2.19. The van der Waals surface area contributed by atoms with Crippen molar-refractivity contribution in [3.8, 4) is 5.75 Å². The van der Waals surface area contributed by atoms with Gasteiger partial charge in [0.25, 0.3) is 5.91 Å². The first-order valence-corrected chi connectivity index (χ1v) is 8.41. The SMILES string of the molecule is CCCCCCOc1ccc(C(=O)N/N=C/c2ccccc2)cc1. The highest BCUT2D eigenvalue weighted by atomic mass is 16.5. The van der Waals surface area contributed by atoms with Crippen molar-refractivity contribution in [2.45, 2.75) is 32.6 Å². The van der Waals surface area contributed by atoms with Gasteiger partial charge in [0, 0.05) is 5.56 Å². The van der Waals surface area contributed by atoms with Crippen molar-refractivity contribution >= 4 is 12.1 Å². The van der Waals surface area contributed by atoms with Crippen LogP contribution in [0, 0.1) is 0 Å². The third-order valence-electron chi connectivity index (χ3n) is 3.56. The van der Waals surface area contributed by atoms with Gasteiger partial charge in [-0.15, -0.1) is 0 Å². The normalized spacial score (nSPS) is 10.7. The van der Waals surface area contributed by atoms with Crippen molar-refractivity contribution in [3.63, 3.8) is 0 Å². The zero-order chi connectivity index (χ0) is 17.0. The van der Waals surface area contributed by atoms with E-state index in [9.17, 15) is 4.79 Å². The van der Waals surface area contributed by atoms with E-state index in [1.54, 1.807) is 18.3 Å². The third-order valence-corrected chi connectivity index (χ3v) is 3.56. The summed E-state index contributed by atoms with van der Waals surface area (Å²) < 4.78 is 5.66. The largest absolute Gasteiger partial charge is 0.494 e. The number of unbranched alkanes of at least 4 members (excludes halogenated alkanes) is 3. The molecule has 0 radical (unpaired) electrons. The first-order valence-electron chi connectivity index (χ1n) is 8.41. The summed E-state index contributed by atoms with van der Waals surface area (Å²) in [6.45, 7) is 2.90. The van der Waals surface area contributed by atoms with Gasteiger partial charge in [-0.2, -0.15) is 5.10 Å². The fourth-order valence-electron chi connectivity index (χ4n) is 2.19. The summed E-state index contributed by atoms with van der Waals surface area (Å²) in [5, 5.41) is 3.96. The highest BCUT2D eigenvalue weighted by Crippen LogP contribution is 2.13. The van der Waals surface area contributed by atoms with E-state index in [1.165, 1.54) is 19.3 Å². The van der Waals surface area contributed by atoms with Crippen LogP contribution in [0.25, 0.3) is 0 Å². The standard InChI is InChI=1S/C20H24N2O2/c1-2-3-4-8-15-24-19-13-11-18(12-14-19)20(23)22-21-16-17-9-6-5-7-10-17/h5-7,9-14,16H,2-4,8,15H2,1H3,(H,22,23)/b21-16+. The highest BCUT2D eigenvalue weighted by Gasteiger charge is 2.04. The van der Waals surface area contributed by atoms with E-state index in [4.69, 9.17) is 4.74 Å². The number of ether oxygens (including phenoxy) is 1. The Morgan fingerprint density at radius 1 is 1.04 bits per heavy atom. The Kier molecular flexibility index (Phi) is 7.54. The van der Waals surface area contributed by atoms with Crippen molar-refractivity contribution in [3.05, 3.63) is 65.7 Å². The number of carbonyl (C=O) groups excluding carboxylic acids is 1. The maximum atomic E-state index is 12.0. The molecule has 4 nitrogen and oxygen atoms in total. The molecule has 0 aliphatic carbocycles. The van der Waals surface area contributed by atoms with E-state index in [1.807, 2.05) is 42.5 Å². The second kappa shape index (κ2) is 10.2. The van der Waals surface area contributed by atoms with Gasteiger partial charge >= 0.3 is 0 Å². The van der Waals surface area contributed by atoms with Gasteiger partial charge in [0.15, 0.2) is 0 Å². The molecule has 0 atom stereocenters. The van der Waals surface area contributed by atoms with Crippen LogP contribution in [0.3, 0.4) is 0 Å². The van der Waals surface area contributed by atoms with Gasteiger partial charge in [-0.05, 0) is 36.2 Å². The zero-order valence-electron chi connectivity index (χ0n) is 14.1. The van der Waals surface area contributed by atoms with Crippen molar-refractivity contribution in [2.24, 2.45) is 5.10 Å². The molecule has 2 rings (SSSR count). The van der Waals surface area contributed by atoms with E-state index in [0.717, 1.165) is 17.7 Å². The van der Waals surface area contributed by atoms with Crippen LogP contribution >= 0.6 is 0 Å². The van der Waals surface area contributed by atoms with Crippen LogP contribution < -0.4 is 10.2 Å². The Bertz CT molecular complexity index is 636. The van der Waals surface area contributed by atoms with Gasteiger partial charge in [0.2, 0.25) is 0 Å². The van der Waals surface area contributed by atoms with Crippen LogP contribution in [-0.4, -0.2) is 18.7 Å². The molecule has 0 aliphatic rings. The molecule has 0 bridgehead atoms. The molecule has 126 valence electrons. The molecular weight excluding hydrogens is 300 g/mol. The molecule has 0 saturated carbocycles. The Morgan fingerprint density at radius 2 is 1.79 bits per heavy atom. The summed E-state index contributed by atoms with van der Waals surface area (Å²) in [4.78, 5) is 12.0. The maximum Gasteiger partial charge on any atom is 0.271 e. The first kappa shape index (κ1) is 17.7. The van der Waals surface area contributed by atoms with E-state index in [-0.39, 0.29) is 5.91 Å². The van der Waals surface area contributed by atoms with Gasteiger partial charge in [-0.1, -0.05) is 56.5 Å². The van der Waals surface area contributed by atoms with E-state index in [2.05, 4.69) is 17.5 Å². The Balaban J connectivity index is 1.77. The molecular formula is C20H24N2O2. The molecule has 24 heavy (non-hydrogen) atoms. The molecule has 0 heterocycles. The minimum Gasteiger partial charge on any atom is -0.494 e. The van der Waals surface area contributed by atoms with Crippen LogP contribution in [0.2, 0.25) is 0 Å². The van der Waals surface area contributed by atoms with Crippen LogP contribution in [0.1, 0.15) is 48.5 Å². The van der Waals surface area contributed by atoms with Crippen molar-refractivity contribution in [1.82, 2.24) is 5.43 Å². The maximum absolute atomic E-state index is 12.0. The monoisotopic (exact) mass is 324 g/mol. The molecule has 0 saturated heterocycles. The summed E-state index contributed by atoms with van der Waals surface area (Å²) in [5.74, 6) is 0.549. The van der Waals surface area contributed by atoms with E-state index >= 15 is 0 Å². The number of benzene rings is 2. The summed E-state index contributed by atoms with van der Waals surface area (Å²) in [7, 11) is 0. The molecule has 1 amide bonds. The van der Waals surface area contributed by atoms with Crippen LogP contribution in [0.15, 0.2) is 59.7 Å². The van der Waals surface area contributed by atoms with Crippen LogP contribution in [0.5, 0.6) is 5.75 Å². The summed E-state index contributed by atoms with van der Waals surface area (Å²) in [5.41, 5.74) is 4.01. The third kappa shape index (κ3) is 6.24. The second-order valence-corrected chi connectivity index (χ2v) is 5.54. The Hall–Kier alpha value is -2.62. The average Bonchev–Trinajstić information content (AvgIpc) is 2.63. The predicted octanol–water partition coefficient (Wildman–Crippen LogP) is 4.41. The molecule has 2 aromatic rings. The lowest BCUT2D eigenvalue weighted by atomic mass is 10.2. The van der Waals surface area contributed by atoms with Crippen molar-refractivity contribution < 1.29 is 9.53 Å². The van der Waals surface area contributed by atoms with Crippen LogP contribution in [-0.2, 0) is 0 Å². The second-order valence-electron chi connectivity index (χ2n) is 5.54. The summed E-state index contributed by atoms with van der Waals surface area (Å²) >= 11 is 0. The molecule has 0 fully saturated rings. The quantitative estimate of drug-likeness (QED) is 0.422. The number of carbonyl (C=O) groups is 1. The molecule has 0 aromatic heterocycles. The lowest BCUT2D eigenvalue weighted by Crippen LogP contribution is -2.17. The van der Waals surface area contributed by atoms with Crippen molar-refractivity contribution in [2.75, 3.05) is 6.61 Å². The summed E-state index contributed by atoms with van der Waals surface area (Å²) in [6.07, 6.45) is 6.33. The lowest BCUT2D eigenvalue weighted by molar-refractivity contribution is 0.0955. The number of hydrazone groups is 1. The van der Waals surface area contributed by atoms with Gasteiger partial charge < -0.3 is 4.74 Å².